The zero-order chi connectivity index (χ0) is 11.3. The molecule has 0 radical (unpaired) electrons. The van der Waals surface area contributed by atoms with Crippen molar-refractivity contribution >= 4 is 0 Å². The molecule has 84 valence electrons. The molecule has 0 aliphatic rings. The maximum atomic E-state index is 13.4. The molecule has 1 rings (SSSR count). The second-order valence-corrected chi connectivity index (χ2v) is 3.37. The second-order valence-electron chi connectivity index (χ2n) is 3.37. The van der Waals surface area contributed by atoms with E-state index in [9.17, 15) is 4.39 Å². The largest absolute Gasteiger partial charge is 0.493 e. The smallest absolute Gasteiger partial charge is 0.131 e. The molecule has 0 saturated carbocycles. The molecule has 0 bridgehead atoms. The fraction of sp³-hybridized carbons (Fsp3) is 0.455. The third-order valence-electron chi connectivity index (χ3n) is 2.03. The highest BCUT2D eigenvalue weighted by Crippen LogP contribution is 2.26. The Morgan fingerprint density at radius 2 is 2.27 bits per heavy atom. The maximum absolute atomic E-state index is 13.4. The van der Waals surface area contributed by atoms with E-state index in [-0.39, 0.29) is 12.4 Å². The Hall–Kier alpha value is -1.13. The van der Waals surface area contributed by atoms with Crippen molar-refractivity contribution in [1.82, 2.24) is 0 Å². The molecule has 1 atom stereocenters. The normalized spacial score (nSPS) is 12.5. The minimum atomic E-state index is -0.407. The fourth-order valence-electron chi connectivity index (χ4n) is 1.33. The zero-order valence-corrected chi connectivity index (χ0v) is 8.74. The topological polar surface area (TPSA) is 55.5 Å². The molecule has 0 aliphatic carbocycles. The van der Waals surface area contributed by atoms with Crippen molar-refractivity contribution in [3.63, 3.8) is 0 Å². The fourth-order valence-corrected chi connectivity index (χ4v) is 1.33. The first-order chi connectivity index (χ1) is 7.16. The Balaban J connectivity index is 2.81. The summed E-state index contributed by atoms with van der Waals surface area (Å²) in [6, 6.07) is 4.21. The lowest BCUT2D eigenvalue weighted by atomic mass is 10.1. The standard InChI is InChI=1S/C11H16FNO2/c1-8(13)11-9(12)4-2-5-10(11)15-7-3-6-14/h2,4-5,8,14H,3,6-7,13H2,1H3/t8-/m1/s1. The van der Waals surface area contributed by atoms with Crippen molar-refractivity contribution in [3.05, 3.63) is 29.6 Å². The first kappa shape index (κ1) is 11.9. The van der Waals surface area contributed by atoms with Crippen LogP contribution in [0.4, 0.5) is 4.39 Å². The van der Waals surface area contributed by atoms with E-state index in [0.717, 1.165) is 0 Å². The van der Waals surface area contributed by atoms with Crippen molar-refractivity contribution in [2.75, 3.05) is 13.2 Å². The van der Waals surface area contributed by atoms with Gasteiger partial charge in [-0.1, -0.05) is 6.07 Å². The van der Waals surface area contributed by atoms with E-state index in [1.54, 1.807) is 19.1 Å². The molecule has 4 heteroatoms. The highest BCUT2D eigenvalue weighted by Gasteiger charge is 2.13. The second kappa shape index (κ2) is 5.68. The molecule has 15 heavy (non-hydrogen) atoms. The van der Waals surface area contributed by atoms with Crippen LogP contribution in [0.2, 0.25) is 0 Å². The van der Waals surface area contributed by atoms with Gasteiger partial charge >= 0.3 is 0 Å². The SMILES string of the molecule is C[C@@H](N)c1c(F)cccc1OCCCO. The molecule has 0 aromatic heterocycles. The highest BCUT2D eigenvalue weighted by atomic mass is 19.1. The average Bonchev–Trinajstić information content (AvgIpc) is 2.17. The van der Waals surface area contributed by atoms with Crippen LogP contribution in [0.5, 0.6) is 5.75 Å². The number of ether oxygens (including phenoxy) is 1. The van der Waals surface area contributed by atoms with Gasteiger partial charge in [0.25, 0.3) is 0 Å². The Morgan fingerprint density at radius 3 is 2.87 bits per heavy atom. The quantitative estimate of drug-likeness (QED) is 0.730. The van der Waals surface area contributed by atoms with Crippen LogP contribution in [-0.4, -0.2) is 18.3 Å². The maximum Gasteiger partial charge on any atom is 0.131 e. The van der Waals surface area contributed by atoms with Gasteiger partial charge in [0.05, 0.1) is 6.61 Å². The van der Waals surface area contributed by atoms with E-state index in [0.29, 0.717) is 24.3 Å². The zero-order valence-electron chi connectivity index (χ0n) is 8.74. The lowest BCUT2D eigenvalue weighted by molar-refractivity contribution is 0.231. The molecule has 1 aromatic rings. The van der Waals surface area contributed by atoms with Crippen LogP contribution in [0.3, 0.4) is 0 Å². The van der Waals surface area contributed by atoms with E-state index in [1.165, 1.54) is 6.07 Å². The monoisotopic (exact) mass is 213 g/mol. The van der Waals surface area contributed by atoms with Gasteiger partial charge in [-0.15, -0.1) is 0 Å². The van der Waals surface area contributed by atoms with Gasteiger partial charge in [-0.3, -0.25) is 0 Å². The summed E-state index contributed by atoms with van der Waals surface area (Å²) >= 11 is 0. The summed E-state index contributed by atoms with van der Waals surface area (Å²) in [5.41, 5.74) is 6.03. The van der Waals surface area contributed by atoms with Crippen LogP contribution in [-0.2, 0) is 0 Å². The summed E-state index contributed by atoms with van der Waals surface area (Å²) in [5.74, 6) is 0.102. The van der Waals surface area contributed by atoms with Crippen LogP contribution < -0.4 is 10.5 Å². The highest BCUT2D eigenvalue weighted by molar-refractivity contribution is 5.36. The van der Waals surface area contributed by atoms with Gasteiger partial charge in [0.15, 0.2) is 0 Å². The van der Waals surface area contributed by atoms with Crippen molar-refractivity contribution < 1.29 is 14.2 Å². The third-order valence-corrected chi connectivity index (χ3v) is 2.03. The predicted molar refractivity (Wildman–Crippen MR) is 56.2 cm³/mol. The average molecular weight is 213 g/mol. The van der Waals surface area contributed by atoms with Gasteiger partial charge in [-0.25, -0.2) is 4.39 Å². The summed E-state index contributed by atoms with van der Waals surface area (Å²) in [5, 5.41) is 8.60. The molecule has 1 aromatic carbocycles. The van der Waals surface area contributed by atoms with Gasteiger partial charge in [-0.2, -0.15) is 0 Å². The lowest BCUT2D eigenvalue weighted by Gasteiger charge is -2.14. The van der Waals surface area contributed by atoms with E-state index in [2.05, 4.69) is 0 Å². The summed E-state index contributed by atoms with van der Waals surface area (Å²) in [4.78, 5) is 0. The molecule has 0 spiro atoms. The van der Waals surface area contributed by atoms with Crippen LogP contribution in [0, 0.1) is 5.82 Å². The summed E-state index contributed by atoms with van der Waals surface area (Å²) < 4.78 is 18.7. The molecular weight excluding hydrogens is 197 g/mol. The number of nitrogens with two attached hydrogens (primary N) is 1. The Bertz CT molecular complexity index is 315. The number of benzene rings is 1. The van der Waals surface area contributed by atoms with Gasteiger partial charge in [0, 0.05) is 24.6 Å². The van der Waals surface area contributed by atoms with E-state index in [1.807, 2.05) is 0 Å². The number of hydrogen-bond donors (Lipinski definition) is 2. The Morgan fingerprint density at radius 1 is 1.53 bits per heavy atom. The minimum absolute atomic E-state index is 0.0584. The molecular formula is C11H16FNO2. The number of aliphatic hydroxyl groups is 1. The molecule has 0 amide bonds. The van der Waals surface area contributed by atoms with Crippen molar-refractivity contribution in [2.24, 2.45) is 5.73 Å². The number of halogens is 1. The van der Waals surface area contributed by atoms with Crippen LogP contribution in [0.15, 0.2) is 18.2 Å². The van der Waals surface area contributed by atoms with Gasteiger partial charge in [-0.05, 0) is 19.1 Å². The van der Waals surface area contributed by atoms with E-state index < -0.39 is 6.04 Å². The Kier molecular flexibility index (Phi) is 4.52. The first-order valence-corrected chi connectivity index (χ1v) is 4.94. The number of aliphatic hydroxyl groups excluding tert-OH is 1. The lowest BCUT2D eigenvalue weighted by Crippen LogP contribution is -2.11. The number of hydrogen-bond acceptors (Lipinski definition) is 3. The summed E-state index contributed by atoms with van der Waals surface area (Å²) in [6.45, 7) is 2.12. The van der Waals surface area contributed by atoms with Crippen molar-refractivity contribution in [2.45, 2.75) is 19.4 Å². The molecule has 0 saturated heterocycles. The predicted octanol–water partition coefficient (Wildman–Crippen LogP) is 1.61. The molecule has 3 nitrogen and oxygen atoms in total. The first-order valence-electron chi connectivity index (χ1n) is 4.94. The van der Waals surface area contributed by atoms with Gasteiger partial charge in [0.2, 0.25) is 0 Å². The van der Waals surface area contributed by atoms with Crippen LogP contribution in [0.25, 0.3) is 0 Å². The van der Waals surface area contributed by atoms with E-state index >= 15 is 0 Å². The minimum Gasteiger partial charge on any atom is -0.493 e. The molecule has 0 heterocycles. The molecule has 0 unspecified atom stereocenters. The summed E-state index contributed by atoms with van der Waals surface area (Å²) in [7, 11) is 0. The molecule has 3 N–H and O–H groups in total. The van der Waals surface area contributed by atoms with Gasteiger partial charge < -0.3 is 15.6 Å². The van der Waals surface area contributed by atoms with Gasteiger partial charge in [0.1, 0.15) is 11.6 Å². The van der Waals surface area contributed by atoms with Crippen molar-refractivity contribution in [3.8, 4) is 5.75 Å². The molecule has 0 aliphatic heterocycles. The third kappa shape index (κ3) is 3.18. The van der Waals surface area contributed by atoms with E-state index in [4.69, 9.17) is 15.6 Å². The van der Waals surface area contributed by atoms with Crippen LogP contribution >= 0.6 is 0 Å². The number of rotatable bonds is 5. The summed E-state index contributed by atoms with van der Waals surface area (Å²) in [6.07, 6.45) is 0.523. The van der Waals surface area contributed by atoms with Crippen molar-refractivity contribution in [1.29, 1.82) is 0 Å². The van der Waals surface area contributed by atoms with Crippen LogP contribution in [0.1, 0.15) is 24.9 Å². The molecule has 0 fully saturated rings. The Labute approximate surface area is 88.7 Å².